The summed E-state index contributed by atoms with van der Waals surface area (Å²) in [6, 6.07) is 5.70. The normalized spacial score (nSPS) is 18.0. The van der Waals surface area contributed by atoms with E-state index < -0.39 is 0 Å². The van der Waals surface area contributed by atoms with Crippen molar-refractivity contribution in [3.63, 3.8) is 0 Å². The van der Waals surface area contributed by atoms with Crippen LogP contribution in [0.1, 0.15) is 38.2 Å². The molecule has 0 bridgehead atoms. The molecule has 0 radical (unpaired) electrons. The van der Waals surface area contributed by atoms with E-state index in [1.54, 1.807) is 0 Å². The third-order valence-corrected chi connectivity index (χ3v) is 3.71. The van der Waals surface area contributed by atoms with E-state index in [0.29, 0.717) is 5.69 Å². The minimum absolute atomic E-state index is 0.104. The number of anilines is 2. The summed E-state index contributed by atoms with van der Waals surface area (Å²) in [6.45, 7) is 4.04. The SMILES string of the molecule is Cc1ccc(N)c(NC(=O)C2(C)CCCC2)c1. The molecule has 2 rings (SSSR count). The Balaban J connectivity index is 2.15. The van der Waals surface area contributed by atoms with Gasteiger partial charge >= 0.3 is 0 Å². The second-order valence-electron chi connectivity index (χ2n) is 5.31. The molecule has 1 aromatic carbocycles. The lowest BCUT2D eigenvalue weighted by Crippen LogP contribution is -2.31. The molecule has 3 N–H and O–H groups in total. The van der Waals surface area contributed by atoms with Crippen LogP contribution in [-0.4, -0.2) is 5.91 Å². The third-order valence-electron chi connectivity index (χ3n) is 3.71. The van der Waals surface area contributed by atoms with Crippen LogP contribution < -0.4 is 11.1 Å². The third kappa shape index (κ3) is 2.43. The zero-order valence-electron chi connectivity index (χ0n) is 10.5. The second-order valence-corrected chi connectivity index (χ2v) is 5.31. The number of aryl methyl sites for hydroxylation is 1. The predicted octanol–water partition coefficient (Wildman–Crippen LogP) is 3.10. The van der Waals surface area contributed by atoms with E-state index >= 15 is 0 Å². The molecular formula is C14H20N2O. The van der Waals surface area contributed by atoms with Crippen LogP contribution >= 0.6 is 0 Å². The average Bonchev–Trinajstić information content (AvgIpc) is 2.72. The van der Waals surface area contributed by atoms with E-state index in [2.05, 4.69) is 5.32 Å². The Kier molecular flexibility index (Phi) is 3.09. The summed E-state index contributed by atoms with van der Waals surface area (Å²) in [7, 11) is 0. The molecule has 92 valence electrons. The predicted molar refractivity (Wildman–Crippen MR) is 70.8 cm³/mol. The highest BCUT2D eigenvalue weighted by Crippen LogP contribution is 2.38. The van der Waals surface area contributed by atoms with Gasteiger partial charge in [0.25, 0.3) is 0 Å². The molecule has 0 unspecified atom stereocenters. The first-order valence-electron chi connectivity index (χ1n) is 6.19. The Labute approximate surface area is 102 Å². The van der Waals surface area contributed by atoms with Gasteiger partial charge in [0.1, 0.15) is 0 Å². The number of rotatable bonds is 2. The van der Waals surface area contributed by atoms with Crippen molar-refractivity contribution in [2.75, 3.05) is 11.1 Å². The molecular weight excluding hydrogens is 212 g/mol. The van der Waals surface area contributed by atoms with E-state index in [0.717, 1.165) is 36.9 Å². The summed E-state index contributed by atoms with van der Waals surface area (Å²) in [6.07, 6.45) is 4.25. The topological polar surface area (TPSA) is 55.1 Å². The molecule has 0 aromatic heterocycles. The lowest BCUT2D eigenvalue weighted by Gasteiger charge is -2.22. The van der Waals surface area contributed by atoms with Crippen LogP contribution in [0, 0.1) is 12.3 Å². The lowest BCUT2D eigenvalue weighted by atomic mass is 9.87. The van der Waals surface area contributed by atoms with Crippen LogP contribution in [0.2, 0.25) is 0 Å². The van der Waals surface area contributed by atoms with Gasteiger partial charge in [-0.25, -0.2) is 0 Å². The van der Waals surface area contributed by atoms with Gasteiger partial charge in [-0.2, -0.15) is 0 Å². The standard InChI is InChI=1S/C14H20N2O/c1-10-5-6-11(15)12(9-10)16-13(17)14(2)7-3-4-8-14/h5-6,9H,3-4,7-8,15H2,1-2H3,(H,16,17). The Hall–Kier alpha value is -1.51. The van der Waals surface area contributed by atoms with E-state index in [4.69, 9.17) is 5.73 Å². The molecule has 1 aliphatic carbocycles. The number of hydrogen-bond acceptors (Lipinski definition) is 2. The summed E-state index contributed by atoms with van der Waals surface area (Å²) in [5.41, 5.74) is 8.12. The first kappa shape index (κ1) is 12.0. The summed E-state index contributed by atoms with van der Waals surface area (Å²) < 4.78 is 0. The average molecular weight is 232 g/mol. The molecule has 0 atom stereocenters. The van der Waals surface area contributed by atoms with Crippen LogP contribution in [0.5, 0.6) is 0 Å². The molecule has 1 amide bonds. The molecule has 3 nitrogen and oxygen atoms in total. The van der Waals surface area contributed by atoms with Gasteiger partial charge in [-0.15, -0.1) is 0 Å². The van der Waals surface area contributed by atoms with Crippen LogP contribution in [0.25, 0.3) is 0 Å². The lowest BCUT2D eigenvalue weighted by molar-refractivity contribution is -0.124. The first-order chi connectivity index (χ1) is 8.01. The van der Waals surface area contributed by atoms with Crippen molar-refractivity contribution in [1.29, 1.82) is 0 Å². The minimum Gasteiger partial charge on any atom is -0.397 e. The number of benzene rings is 1. The largest absolute Gasteiger partial charge is 0.397 e. The fraction of sp³-hybridized carbons (Fsp3) is 0.500. The van der Waals surface area contributed by atoms with Gasteiger partial charge in [0, 0.05) is 5.41 Å². The molecule has 1 fully saturated rings. The quantitative estimate of drug-likeness (QED) is 0.770. The smallest absolute Gasteiger partial charge is 0.230 e. The first-order valence-corrected chi connectivity index (χ1v) is 6.19. The summed E-state index contributed by atoms with van der Waals surface area (Å²) in [5, 5.41) is 2.97. The zero-order chi connectivity index (χ0) is 12.5. The van der Waals surface area contributed by atoms with E-state index in [9.17, 15) is 4.79 Å². The van der Waals surface area contributed by atoms with Gasteiger partial charge in [-0.05, 0) is 37.5 Å². The molecule has 0 saturated heterocycles. The molecule has 0 heterocycles. The Morgan fingerprint density at radius 2 is 2.00 bits per heavy atom. The van der Waals surface area contributed by atoms with E-state index in [1.165, 1.54) is 0 Å². The summed E-state index contributed by atoms with van der Waals surface area (Å²) >= 11 is 0. The van der Waals surface area contributed by atoms with Gasteiger partial charge in [0.15, 0.2) is 0 Å². The van der Waals surface area contributed by atoms with Crippen molar-refractivity contribution in [2.45, 2.75) is 39.5 Å². The number of nitrogens with two attached hydrogens (primary N) is 1. The number of amides is 1. The summed E-state index contributed by atoms with van der Waals surface area (Å²) in [5.74, 6) is 0.104. The molecule has 1 saturated carbocycles. The van der Waals surface area contributed by atoms with Gasteiger partial charge in [0.05, 0.1) is 11.4 Å². The highest BCUT2D eigenvalue weighted by molar-refractivity contribution is 5.97. The van der Waals surface area contributed by atoms with Crippen LogP contribution in [0.15, 0.2) is 18.2 Å². The van der Waals surface area contributed by atoms with E-state index in [1.807, 2.05) is 32.0 Å². The van der Waals surface area contributed by atoms with Crippen LogP contribution in [-0.2, 0) is 4.79 Å². The van der Waals surface area contributed by atoms with Crippen molar-refractivity contribution in [1.82, 2.24) is 0 Å². The highest BCUT2D eigenvalue weighted by Gasteiger charge is 2.36. The highest BCUT2D eigenvalue weighted by atomic mass is 16.2. The molecule has 17 heavy (non-hydrogen) atoms. The fourth-order valence-corrected chi connectivity index (χ4v) is 2.43. The van der Waals surface area contributed by atoms with E-state index in [-0.39, 0.29) is 11.3 Å². The maximum Gasteiger partial charge on any atom is 0.230 e. The van der Waals surface area contributed by atoms with Crippen molar-refractivity contribution in [3.05, 3.63) is 23.8 Å². The zero-order valence-corrected chi connectivity index (χ0v) is 10.5. The molecule has 1 aliphatic rings. The van der Waals surface area contributed by atoms with Gasteiger partial charge < -0.3 is 11.1 Å². The van der Waals surface area contributed by atoms with Gasteiger partial charge in [-0.3, -0.25) is 4.79 Å². The van der Waals surface area contributed by atoms with Gasteiger partial charge in [0.2, 0.25) is 5.91 Å². The Morgan fingerprint density at radius 3 is 2.65 bits per heavy atom. The number of nitrogen functional groups attached to an aromatic ring is 1. The van der Waals surface area contributed by atoms with Crippen molar-refractivity contribution >= 4 is 17.3 Å². The van der Waals surface area contributed by atoms with Crippen molar-refractivity contribution < 1.29 is 4.79 Å². The second kappa shape index (κ2) is 4.40. The number of nitrogens with one attached hydrogen (secondary N) is 1. The monoisotopic (exact) mass is 232 g/mol. The Morgan fingerprint density at radius 1 is 1.35 bits per heavy atom. The maximum absolute atomic E-state index is 12.2. The molecule has 0 aliphatic heterocycles. The Bertz CT molecular complexity index is 434. The fourth-order valence-electron chi connectivity index (χ4n) is 2.43. The van der Waals surface area contributed by atoms with Gasteiger partial charge in [-0.1, -0.05) is 25.8 Å². The molecule has 1 aromatic rings. The minimum atomic E-state index is -0.212. The molecule has 3 heteroatoms. The van der Waals surface area contributed by atoms with Crippen molar-refractivity contribution in [2.24, 2.45) is 5.41 Å². The molecule has 0 spiro atoms. The number of hydrogen-bond donors (Lipinski definition) is 2. The van der Waals surface area contributed by atoms with Crippen LogP contribution in [0.3, 0.4) is 0 Å². The van der Waals surface area contributed by atoms with Crippen LogP contribution in [0.4, 0.5) is 11.4 Å². The number of carbonyl (C=O) groups excluding carboxylic acids is 1. The maximum atomic E-state index is 12.2. The summed E-state index contributed by atoms with van der Waals surface area (Å²) in [4.78, 5) is 12.2. The number of carbonyl (C=O) groups is 1. The van der Waals surface area contributed by atoms with Crippen molar-refractivity contribution in [3.8, 4) is 0 Å².